The van der Waals surface area contributed by atoms with E-state index in [0.29, 0.717) is 12.4 Å². The van der Waals surface area contributed by atoms with Crippen molar-refractivity contribution in [2.24, 2.45) is 10.7 Å². The average Bonchev–Trinajstić information content (AvgIpc) is 2.98. The molecule has 3 rings (SSSR count). The van der Waals surface area contributed by atoms with Gasteiger partial charge in [0.05, 0.1) is 23.9 Å². The summed E-state index contributed by atoms with van der Waals surface area (Å²) < 4.78 is 5.45. The van der Waals surface area contributed by atoms with Crippen LogP contribution in [0.3, 0.4) is 0 Å². The Morgan fingerprint density at radius 2 is 1.88 bits per heavy atom. The van der Waals surface area contributed by atoms with E-state index in [1.807, 2.05) is 50.2 Å². The SMILES string of the molecule is CCOc1ccc(-n2nc3cc(C)c(N=C(N)CCl)cc3n2)cc1. The number of rotatable bonds is 5. The monoisotopic (exact) mass is 343 g/mol. The molecule has 0 bridgehead atoms. The van der Waals surface area contributed by atoms with Gasteiger partial charge in [0.15, 0.2) is 0 Å². The van der Waals surface area contributed by atoms with Gasteiger partial charge in [-0.05, 0) is 55.8 Å². The van der Waals surface area contributed by atoms with Crippen molar-refractivity contribution < 1.29 is 4.74 Å². The van der Waals surface area contributed by atoms with Crippen LogP contribution in [0.25, 0.3) is 16.7 Å². The van der Waals surface area contributed by atoms with Gasteiger partial charge in [0.2, 0.25) is 0 Å². The van der Waals surface area contributed by atoms with Gasteiger partial charge in [0.1, 0.15) is 22.6 Å². The van der Waals surface area contributed by atoms with Crippen molar-refractivity contribution in [2.75, 3.05) is 12.5 Å². The van der Waals surface area contributed by atoms with E-state index in [4.69, 9.17) is 22.1 Å². The number of aryl methyl sites for hydroxylation is 1. The number of amidine groups is 1. The van der Waals surface area contributed by atoms with Gasteiger partial charge < -0.3 is 10.5 Å². The highest BCUT2D eigenvalue weighted by Gasteiger charge is 2.08. The summed E-state index contributed by atoms with van der Waals surface area (Å²) in [5.74, 6) is 1.39. The van der Waals surface area contributed by atoms with Gasteiger partial charge in [0.25, 0.3) is 0 Å². The van der Waals surface area contributed by atoms with Gasteiger partial charge in [0, 0.05) is 0 Å². The van der Waals surface area contributed by atoms with Gasteiger partial charge in [-0.2, -0.15) is 4.80 Å². The van der Waals surface area contributed by atoms with Crippen LogP contribution in [0.2, 0.25) is 0 Å². The third-order valence-corrected chi connectivity index (χ3v) is 3.75. The third kappa shape index (κ3) is 3.33. The van der Waals surface area contributed by atoms with E-state index in [-0.39, 0.29) is 5.88 Å². The first-order chi connectivity index (χ1) is 11.6. The maximum atomic E-state index is 5.72. The van der Waals surface area contributed by atoms with Crippen molar-refractivity contribution >= 4 is 34.2 Å². The van der Waals surface area contributed by atoms with Crippen LogP contribution < -0.4 is 10.5 Å². The fraction of sp³-hybridized carbons (Fsp3) is 0.235. The number of nitrogens with two attached hydrogens (primary N) is 1. The lowest BCUT2D eigenvalue weighted by molar-refractivity contribution is 0.340. The highest BCUT2D eigenvalue weighted by Crippen LogP contribution is 2.25. The lowest BCUT2D eigenvalue weighted by Gasteiger charge is -2.03. The van der Waals surface area contributed by atoms with Crippen LogP contribution in [0.1, 0.15) is 12.5 Å². The summed E-state index contributed by atoms with van der Waals surface area (Å²) in [4.78, 5) is 5.91. The Morgan fingerprint density at radius 3 is 2.50 bits per heavy atom. The minimum atomic E-state index is 0.191. The molecule has 0 spiro atoms. The molecule has 0 amide bonds. The van der Waals surface area contributed by atoms with Crippen LogP contribution >= 0.6 is 11.6 Å². The molecule has 124 valence electrons. The van der Waals surface area contributed by atoms with E-state index in [1.54, 1.807) is 4.80 Å². The van der Waals surface area contributed by atoms with Crippen molar-refractivity contribution in [1.29, 1.82) is 0 Å². The Hall–Kier alpha value is -2.60. The second-order valence-electron chi connectivity index (χ2n) is 5.28. The number of halogens is 1. The number of alkyl halides is 1. The molecule has 0 fully saturated rings. The molecular weight excluding hydrogens is 326 g/mol. The Labute approximate surface area is 144 Å². The van der Waals surface area contributed by atoms with E-state index in [0.717, 1.165) is 33.7 Å². The standard InChI is InChI=1S/C17H18ClN5O/c1-3-24-13-6-4-12(5-7-13)23-21-15-8-11(2)14(9-16(15)22-23)20-17(19)10-18/h4-9H,3,10H2,1-2H3,(H2,19,20). The first-order valence-electron chi connectivity index (χ1n) is 7.60. The van der Waals surface area contributed by atoms with Crippen molar-refractivity contribution in [3.05, 3.63) is 42.0 Å². The maximum absolute atomic E-state index is 5.72. The second-order valence-corrected chi connectivity index (χ2v) is 5.55. The normalized spacial score (nSPS) is 11.9. The fourth-order valence-electron chi connectivity index (χ4n) is 2.32. The molecule has 24 heavy (non-hydrogen) atoms. The summed E-state index contributed by atoms with van der Waals surface area (Å²) in [7, 11) is 0. The zero-order valence-corrected chi connectivity index (χ0v) is 14.3. The number of hydrogen-bond acceptors (Lipinski definition) is 4. The molecule has 6 nitrogen and oxygen atoms in total. The van der Waals surface area contributed by atoms with Crippen LogP contribution in [0, 0.1) is 6.92 Å². The molecule has 0 aliphatic carbocycles. The number of nitrogens with zero attached hydrogens (tertiary/aromatic N) is 4. The second kappa shape index (κ2) is 6.88. The summed E-state index contributed by atoms with van der Waals surface area (Å²) in [6.07, 6.45) is 0. The highest BCUT2D eigenvalue weighted by atomic mass is 35.5. The third-order valence-electron chi connectivity index (χ3n) is 3.48. The molecule has 1 heterocycles. The largest absolute Gasteiger partial charge is 0.494 e. The first kappa shape index (κ1) is 16.3. The van der Waals surface area contributed by atoms with Gasteiger partial charge in [-0.1, -0.05) is 0 Å². The van der Waals surface area contributed by atoms with Gasteiger partial charge in [-0.15, -0.1) is 21.8 Å². The summed E-state index contributed by atoms with van der Waals surface area (Å²) >= 11 is 5.69. The van der Waals surface area contributed by atoms with Crippen molar-refractivity contribution in [1.82, 2.24) is 15.0 Å². The number of hydrogen-bond donors (Lipinski definition) is 1. The fourth-order valence-corrected chi connectivity index (χ4v) is 2.38. The van der Waals surface area contributed by atoms with Crippen molar-refractivity contribution in [3.8, 4) is 11.4 Å². The molecule has 0 saturated carbocycles. The van der Waals surface area contributed by atoms with Crippen molar-refractivity contribution in [3.63, 3.8) is 0 Å². The molecule has 0 aliphatic rings. The van der Waals surface area contributed by atoms with E-state index in [2.05, 4.69) is 15.2 Å². The maximum Gasteiger partial charge on any atom is 0.119 e. The highest BCUT2D eigenvalue weighted by molar-refractivity contribution is 6.28. The minimum absolute atomic E-state index is 0.191. The van der Waals surface area contributed by atoms with E-state index in [9.17, 15) is 0 Å². The van der Waals surface area contributed by atoms with Gasteiger partial charge in [-0.25, -0.2) is 4.99 Å². The van der Waals surface area contributed by atoms with Crippen LogP contribution in [0.4, 0.5) is 5.69 Å². The molecule has 2 N–H and O–H groups in total. The molecule has 0 atom stereocenters. The number of fused-ring (bicyclic) bond motifs is 1. The zero-order chi connectivity index (χ0) is 17.1. The number of benzene rings is 2. The molecule has 0 radical (unpaired) electrons. The molecule has 0 unspecified atom stereocenters. The van der Waals surface area contributed by atoms with Crippen LogP contribution in [0.5, 0.6) is 5.75 Å². The molecule has 2 aromatic carbocycles. The van der Waals surface area contributed by atoms with E-state index < -0.39 is 0 Å². The summed E-state index contributed by atoms with van der Waals surface area (Å²) in [5, 5.41) is 9.03. The van der Waals surface area contributed by atoms with E-state index >= 15 is 0 Å². The molecular formula is C17H18ClN5O. The predicted octanol–water partition coefficient (Wildman–Crippen LogP) is 3.36. The molecule has 7 heteroatoms. The van der Waals surface area contributed by atoms with Crippen LogP contribution in [-0.2, 0) is 0 Å². The predicted molar refractivity (Wildman–Crippen MR) is 96.8 cm³/mol. The van der Waals surface area contributed by atoms with Crippen LogP contribution in [0.15, 0.2) is 41.4 Å². The Morgan fingerprint density at radius 1 is 1.21 bits per heavy atom. The summed E-state index contributed by atoms with van der Waals surface area (Å²) in [5.41, 5.74) is 9.84. The van der Waals surface area contributed by atoms with Crippen molar-refractivity contribution in [2.45, 2.75) is 13.8 Å². The zero-order valence-electron chi connectivity index (χ0n) is 13.5. The molecule has 0 saturated heterocycles. The Kier molecular flexibility index (Phi) is 4.66. The molecule has 1 aromatic heterocycles. The summed E-state index contributed by atoms with van der Waals surface area (Å²) in [6.45, 7) is 4.54. The molecule has 0 aliphatic heterocycles. The van der Waals surface area contributed by atoms with Gasteiger partial charge in [-0.3, -0.25) is 0 Å². The van der Waals surface area contributed by atoms with Crippen LogP contribution in [-0.4, -0.2) is 33.3 Å². The minimum Gasteiger partial charge on any atom is -0.494 e. The smallest absolute Gasteiger partial charge is 0.119 e. The lowest BCUT2D eigenvalue weighted by Crippen LogP contribution is -2.12. The summed E-state index contributed by atoms with van der Waals surface area (Å²) in [6, 6.07) is 11.4. The lowest BCUT2D eigenvalue weighted by atomic mass is 10.2. The topological polar surface area (TPSA) is 78.3 Å². The average molecular weight is 344 g/mol. The van der Waals surface area contributed by atoms with E-state index in [1.165, 1.54) is 0 Å². The number of aromatic nitrogens is 3. The Bertz CT molecular complexity index is 886. The number of aliphatic imine (C=N–C) groups is 1. The Balaban J connectivity index is 1.99. The van der Waals surface area contributed by atoms with Gasteiger partial charge >= 0.3 is 0 Å². The first-order valence-corrected chi connectivity index (χ1v) is 8.14. The number of ether oxygens (including phenoxy) is 1. The molecule has 3 aromatic rings. The quantitative estimate of drug-likeness (QED) is 0.437.